The second kappa shape index (κ2) is 16.5. The van der Waals surface area contributed by atoms with Gasteiger partial charge in [0.2, 0.25) is 0 Å². The average molecular weight is 877 g/mol. The molecule has 4 heteroatoms. The van der Waals surface area contributed by atoms with E-state index in [4.69, 9.17) is 14.2 Å². The van der Waals surface area contributed by atoms with Gasteiger partial charge >= 0.3 is 0 Å². The van der Waals surface area contributed by atoms with Crippen molar-refractivity contribution in [1.29, 1.82) is 0 Å². The largest absolute Gasteiger partial charge is 0.508 e. The Bertz CT molecular complexity index is 3540. The summed E-state index contributed by atoms with van der Waals surface area (Å²) in [6, 6.07) is 76.8. The minimum Gasteiger partial charge on any atom is -0.508 e. The van der Waals surface area contributed by atoms with Crippen LogP contribution in [0, 0.1) is 0 Å². The molecule has 0 radical (unpaired) electrons. The first-order chi connectivity index (χ1) is 33.5. The van der Waals surface area contributed by atoms with Crippen LogP contribution in [-0.2, 0) is 10.8 Å². The summed E-state index contributed by atoms with van der Waals surface area (Å²) in [4.78, 5) is 0. The number of rotatable bonds is 11. The Morgan fingerprint density at radius 1 is 0.338 bits per heavy atom. The summed E-state index contributed by atoms with van der Waals surface area (Å²) in [7, 11) is 0. The molecule has 4 nitrogen and oxygen atoms in total. The zero-order valence-electron chi connectivity index (χ0n) is 37.1. The highest BCUT2D eigenvalue weighted by molar-refractivity contribution is 5.92. The molecular weight excluding hydrogens is 833 g/mol. The molecule has 0 unspecified atom stereocenters. The molecule has 0 saturated carbocycles. The Kier molecular flexibility index (Phi) is 9.88. The molecule has 0 saturated heterocycles. The van der Waals surface area contributed by atoms with E-state index >= 15 is 0 Å². The first-order valence-electron chi connectivity index (χ1n) is 22.9. The van der Waals surface area contributed by atoms with Gasteiger partial charge in [-0.15, -0.1) is 0 Å². The molecule has 0 heterocycles. The molecule has 324 valence electrons. The van der Waals surface area contributed by atoms with E-state index in [0.717, 1.165) is 49.9 Å². The highest BCUT2D eigenvalue weighted by atomic mass is 16.5. The maximum absolute atomic E-state index is 10.2. The summed E-state index contributed by atoms with van der Waals surface area (Å²) in [5.74, 6) is 2.47. The first-order valence-corrected chi connectivity index (χ1v) is 22.9. The third-order valence-electron chi connectivity index (χ3n) is 13.9. The molecule has 0 atom stereocenters. The zero-order valence-corrected chi connectivity index (χ0v) is 37.1. The van der Waals surface area contributed by atoms with E-state index < -0.39 is 10.8 Å². The zero-order chi connectivity index (χ0) is 45.7. The number of hydrogen-bond donors (Lipinski definition) is 1. The van der Waals surface area contributed by atoms with Crippen LogP contribution in [0.25, 0.3) is 43.8 Å². The summed E-state index contributed by atoms with van der Waals surface area (Å²) in [6.45, 7) is 3.73. The summed E-state index contributed by atoms with van der Waals surface area (Å²) in [5, 5.41) is 14.5. The molecule has 68 heavy (non-hydrogen) atoms. The van der Waals surface area contributed by atoms with Crippen LogP contribution in [0.5, 0.6) is 23.0 Å². The van der Waals surface area contributed by atoms with Crippen LogP contribution in [0.4, 0.5) is 0 Å². The van der Waals surface area contributed by atoms with Gasteiger partial charge in [-0.2, -0.15) is 0 Å². The highest BCUT2D eigenvalue weighted by Crippen LogP contribution is 2.58. The Hall–Kier alpha value is -8.86. The lowest BCUT2D eigenvalue weighted by Crippen LogP contribution is -2.28. The van der Waals surface area contributed by atoms with Gasteiger partial charge in [0.1, 0.15) is 23.0 Å². The number of benzene rings is 10. The molecule has 10 aromatic rings. The van der Waals surface area contributed by atoms with Crippen LogP contribution in [0.3, 0.4) is 0 Å². The van der Waals surface area contributed by atoms with Gasteiger partial charge in [0.15, 0.2) is 0 Å². The maximum atomic E-state index is 10.2. The molecule has 0 aromatic heterocycles. The topological polar surface area (TPSA) is 47.9 Å². The van der Waals surface area contributed by atoms with Crippen molar-refractivity contribution in [3.63, 3.8) is 0 Å². The summed E-state index contributed by atoms with van der Waals surface area (Å²) in [5.41, 5.74) is 13.5. The van der Waals surface area contributed by atoms with E-state index in [1.807, 2.05) is 54.6 Å². The fourth-order valence-corrected chi connectivity index (χ4v) is 11.0. The van der Waals surface area contributed by atoms with Crippen molar-refractivity contribution in [3.05, 3.63) is 300 Å². The van der Waals surface area contributed by atoms with E-state index in [0.29, 0.717) is 0 Å². The van der Waals surface area contributed by atoms with Crippen LogP contribution in [0.1, 0.15) is 44.5 Å². The van der Waals surface area contributed by atoms with Gasteiger partial charge in [0.25, 0.3) is 0 Å². The van der Waals surface area contributed by atoms with Crippen LogP contribution < -0.4 is 14.2 Å². The third-order valence-corrected chi connectivity index (χ3v) is 13.9. The normalized spacial score (nSPS) is 13.8. The SMILES string of the molecule is C=COc1ccc(C2(c3ccc(O/C=C/C=C/Oc4ccc5cc(C6(c7ccc8cc(O)ccc8c7)c7ccccc7-c7ccccc76)ccc5c4)cc3)c3ccccc3-c3ccccc32)cc1. The van der Waals surface area contributed by atoms with Crippen LogP contribution in [0.2, 0.25) is 0 Å². The van der Waals surface area contributed by atoms with Crippen molar-refractivity contribution in [2.45, 2.75) is 10.8 Å². The molecule has 0 fully saturated rings. The molecule has 0 bridgehead atoms. The molecule has 2 aliphatic carbocycles. The minimum absolute atomic E-state index is 0.264. The molecule has 12 rings (SSSR count). The second-order valence-electron chi connectivity index (χ2n) is 17.4. The van der Waals surface area contributed by atoms with Crippen LogP contribution in [-0.4, -0.2) is 5.11 Å². The number of allylic oxidation sites excluding steroid dienone is 2. The van der Waals surface area contributed by atoms with Gasteiger partial charge in [0.05, 0.1) is 29.6 Å². The van der Waals surface area contributed by atoms with Crippen molar-refractivity contribution in [3.8, 4) is 45.3 Å². The number of phenolic OH excluding ortho intramolecular Hbond substituents is 1. The Labute approximate surface area is 395 Å². The molecule has 1 N–H and O–H groups in total. The van der Waals surface area contributed by atoms with E-state index in [1.165, 1.54) is 61.9 Å². The predicted molar refractivity (Wildman–Crippen MR) is 275 cm³/mol. The van der Waals surface area contributed by atoms with E-state index in [1.54, 1.807) is 18.6 Å². The number of aromatic hydroxyl groups is 1. The first kappa shape index (κ1) is 40.6. The number of fused-ring (bicyclic) bond motifs is 8. The van der Waals surface area contributed by atoms with Gasteiger partial charge in [-0.3, -0.25) is 0 Å². The van der Waals surface area contributed by atoms with E-state index in [9.17, 15) is 5.11 Å². The lowest BCUT2D eigenvalue weighted by Gasteiger charge is -2.34. The van der Waals surface area contributed by atoms with Crippen molar-refractivity contribution in [2.24, 2.45) is 0 Å². The predicted octanol–water partition coefficient (Wildman–Crippen LogP) is 15.4. The Morgan fingerprint density at radius 2 is 0.691 bits per heavy atom. The molecule has 0 spiro atoms. The lowest BCUT2D eigenvalue weighted by atomic mass is 9.67. The van der Waals surface area contributed by atoms with Crippen molar-refractivity contribution < 1.29 is 19.3 Å². The molecular formula is C64H44O4. The minimum atomic E-state index is -0.549. The number of ether oxygens (including phenoxy) is 3. The second-order valence-corrected chi connectivity index (χ2v) is 17.4. The molecule has 10 aromatic carbocycles. The van der Waals surface area contributed by atoms with Crippen molar-refractivity contribution in [2.75, 3.05) is 0 Å². The van der Waals surface area contributed by atoms with Gasteiger partial charge < -0.3 is 19.3 Å². The summed E-state index contributed by atoms with van der Waals surface area (Å²) in [6.07, 6.45) is 8.44. The smallest absolute Gasteiger partial charge is 0.127 e. The maximum Gasteiger partial charge on any atom is 0.127 e. The van der Waals surface area contributed by atoms with Gasteiger partial charge in [-0.1, -0.05) is 164 Å². The van der Waals surface area contributed by atoms with Gasteiger partial charge in [-0.25, -0.2) is 0 Å². The fraction of sp³-hybridized carbons (Fsp3) is 0.0312. The summed E-state index contributed by atoms with van der Waals surface area (Å²) >= 11 is 0. The van der Waals surface area contributed by atoms with Crippen LogP contribution in [0.15, 0.2) is 256 Å². The average Bonchev–Trinajstić information content (AvgIpc) is 3.86. The monoisotopic (exact) mass is 876 g/mol. The fourth-order valence-electron chi connectivity index (χ4n) is 11.0. The lowest BCUT2D eigenvalue weighted by molar-refractivity contribution is 0.475. The third kappa shape index (κ3) is 6.45. The molecule has 0 aliphatic heterocycles. The standard InChI is InChI=1S/C64H44O4/c1-2-66-52-33-27-47(28-34-52)63(59-17-7-3-13-55(59)56-14-4-8-18-60(56)63)48-29-35-53(36-30-48)67-37-11-12-38-68-54-32-24-44-40-50(26-22-46(44)42-54)64(49-25-21-45-41-51(65)31-23-43(45)39-49)61-19-9-5-15-57(61)58-16-6-10-20-62(58)64/h2-42,65H,1H2/b37-11+,38-12+. The van der Waals surface area contributed by atoms with E-state index in [-0.39, 0.29) is 5.75 Å². The quantitative estimate of drug-likeness (QED) is 0.104. The molecule has 0 amide bonds. The summed E-state index contributed by atoms with van der Waals surface area (Å²) < 4.78 is 17.8. The number of hydrogen-bond acceptors (Lipinski definition) is 4. The van der Waals surface area contributed by atoms with Crippen molar-refractivity contribution in [1.82, 2.24) is 0 Å². The van der Waals surface area contributed by atoms with Crippen LogP contribution >= 0.6 is 0 Å². The van der Waals surface area contributed by atoms with Gasteiger partial charge in [-0.05, 0) is 161 Å². The number of phenols is 1. The highest BCUT2D eigenvalue weighted by Gasteiger charge is 2.47. The Balaban J connectivity index is 0.791. The molecule has 2 aliphatic rings. The van der Waals surface area contributed by atoms with E-state index in [2.05, 4.69) is 176 Å². The van der Waals surface area contributed by atoms with Crippen molar-refractivity contribution >= 4 is 21.5 Å². The Morgan fingerprint density at radius 3 is 1.18 bits per heavy atom. The van der Waals surface area contributed by atoms with Gasteiger partial charge in [0, 0.05) is 0 Å².